The van der Waals surface area contributed by atoms with E-state index in [0.717, 1.165) is 5.69 Å². The third kappa shape index (κ3) is 4.40. The minimum absolute atomic E-state index is 0.431. The molecule has 2 N–H and O–H groups in total. The van der Waals surface area contributed by atoms with Gasteiger partial charge in [0.05, 0.1) is 27.5 Å². The zero-order valence-corrected chi connectivity index (χ0v) is 16.3. The van der Waals surface area contributed by atoms with E-state index in [1.54, 1.807) is 39.7 Å². The largest absolute Gasteiger partial charge is 0.493 e. The molecule has 28 heavy (non-hydrogen) atoms. The van der Waals surface area contributed by atoms with E-state index in [0.29, 0.717) is 35.6 Å². The van der Waals surface area contributed by atoms with Crippen molar-refractivity contribution in [3.63, 3.8) is 0 Å². The lowest BCUT2D eigenvalue weighted by molar-refractivity contribution is 0.324. The van der Waals surface area contributed by atoms with E-state index >= 15 is 0 Å². The van der Waals surface area contributed by atoms with Crippen molar-refractivity contribution >= 4 is 17.5 Å². The fourth-order valence-electron chi connectivity index (χ4n) is 2.72. The zero-order valence-electron chi connectivity index (χ0n) is 16.3. The van der Waals surface area contributed by atoms with Crippen molar-refractivity contribution in [2.24, 2.45) is 0 Å². The molecule has 0 radical (unpaired) electrons. The van der Waals surface area contributed by atoms with Gasteiger partial charge in [0.25, 0.3) is 0 Å². The van der Waals surface area contributed by atoms with Gasteiger partial charge in [-0.2, -0.15) is 10.1 Å². The van der Waals surface area contributed by atoms with Crippen LogP contribution in [0.4, 0.5) is 17.5 Å². The fraction of sp³-hybridized carbons (Fsp3) is 0.250. The zero-order chi connectivity index (χ0) is 19.9. The second-order valence-electron chi connectivity index (χ2n) is 5.98. The van der Waals surface area contributed by atoms with Crippen molar-refractivity contribution in [1.82, 2.24) is 15.2 Å². The van der Waals surface area contributed by atoms with Crippen molar-refractivity contribution in [3.05, 3.63) is 53.7 Å². The topological polar surface area (TPSA) is 90.4 Å². The quantitative estimate of drug-likeness (QED) is 0.612. The maximum absolute atomic E-state index is 5.37. The summed E-state index contributed by atoms with van der Waals surface area (Å²) in [6, 6.07) is 11.7. The summed E-state index contributed by atoms with van der Waals surface area (Å²) >= 11 is 0. The van der Waals surface area contributed by atoms with Crippen molar-refractivity contribution in [1.29, 1.82) is 0 Å². The molecule has 0 spiro atoms. The molecular formula is C20H23N5O3. The Hall–Kier alpha value is -3.55. The lowest BCUT2D eigenvalue weighted by Gasteiger charge is -2.15. The van der Waals surface area contributed by atoms with E-state index < -0.39 is 0 Å². The lowest BCUT2D eigenvalue weighted by atomic mass is 10.1. The number of nitrogens with zero attached hydrogens (tertiary/aromatic N) is 3. The first kappa shape index (κ1) is 19.2. The Labute approximate surface area is 163 Å². The van der Waals surface area contributed by atoms with Gasteiger partial charge >= 0.3 is 0 Å². The van der Waals surface area contributed by atoms with Crippen LogP contribution in [-0.2, 0) is 6.54 Å². The molecular weight excluding hydrogens is 358 g/mol. The maximum Gasteiger partial charge on any atom is 0.244 e. The summed E-state index contributed by atoms with van der Waals surface area (Å²) in [6.45, 7) is 2.68. The van der Waals surface area contributed by atoms with Crippen LogP contribution in [0.15, 0.2) is 42.6 Å². The highest BCUT2D eigenvalue weighted by atomic mass is 16.5. The van der Waals surface area contributed by atoms with E-state index in [9.17, 15) is 0 Å². The number of aryl methyl sites for hydroxylation is 1. The molecule has 1 heterocycles. The summed E-state index contributed by atoms with van der Waals surface area (Å²) in [7, 11) is 4.70. The molecule has 0 saturated heterocycles. The average molecular weight is 381 g/mol. The Kier molecular flexibility index (Phi) is 6.11. The van der Waals surface area contributed by atoms with Gasteiger partial charge in [0.1, 0.15) is 0 Å². The number of nitrogens with one attached hydrogen (secondary N) is 2. The second kappa shape index (κ2) is 8.90. The summed E-state index contributed by atoms with van der Waals surface area (Å²) < 4.78 is 16.1. The summed E-state index contributed by atoms with van der Waals surface area (Å²) in [4.78, 5) is 4.46. The summed E-state index contributed by atoms with van der Waals surface area (Å²) in [5.41, 5.74) is 3.10. The molecule has 0 amide bonds. The molecule has 0 aliphatic heterocycles. The SMILES string of the molecule is COc1cc(Nc2cnnc(NCc3ccccc3C)n2)cc(OC)c1OC. The number of aromatic nitrogens is 3. The molecule has 0 fully saturated rings. The number of hydrogen-bond acceptors (Lipinski definition) is 8. The van der Waals surface area contributed by atoms with E-state index in [-0.39, 0.29) is 0 Å². The number of anilines is 3. The number of rotatable bonds is 8. The van der Waals surface area contributed by atoms with E-state index in [1.165, 1.54) is 11.1 Å². The van der Waals surface area contributed by atoms with Gasteiger partial charge in [0.15, 0.2) is 17.3 Å². The molecule has 0 saturated carbocycles. The summed E-state index contributed by atoms with van der Waals surface area (Å²) in [6.07, 6.45) is 1.54. The smallest absolute Gasteiger partial charge is 0.244 e. The third-order valence-electron chi connectivity index (χ3n) is 4.19. The maximum atomic E-state index is 5.37. The Morgan fingerprint density at radius 1 is 0.964 bits per heavy atom. The first-order valence-corrected chi connectivity index (χ1v) is 8.69. The predicted octanol–water partition coefficient (Wildman–Crippen LogP) is 3.56. The van der Waals surface area contributed by atoms with Crippen LogP contribution in [-0.4, -0.2) is 36.5 Å². The number of hydrogen-bond donors (Lipinski definition) is 2. The van der Waals surface area contributed by atoms with E-state index in [1.807, 2.05) is 12.1 Å². The Bertz CT molecular complexity index is 924. The van der Waals surface area contributed by atoms with E-state index in [2.05, 4.69) is 44.9 Å². The van der Waals surface area contributed by atoms with Crippen LogP contribution in [0.3, 0.4) is 0 Å². The second-order valence-corrected chi connectivity index (χ2v) is 5.98. The normalized spacial score (nSPS) is 10.3. The molecule has 3 rings (SSSR count). The highest BCUT2D eigenvalue weighted by Crippen LogP contribution is 2.40. The van der Waals surface area contributed by atoms with Gasteiger partial charge in [-0.1, -0.05) is 24.3 Å². The van der Waals surface area contributed by atoms with Gasteiger partial charge in [-0.25, -0.2) is 0 Å². The number of ether oxygens (including phenoxy) is 3. The molecule has 0 bridgehead atoms. The molecule has 146 valence electrons. The minimum Gasteiger partial charge on any atom is -0.493 e. The van der Waals surface area contributed by atoms with Crippen LogP contribution < -0.4 is 24.8 Å². The van der Waals surface area contributed by atoms with Gasteiger partial charge in [-0.3, -0.25) is 0 Å². The molecule has 0 aliphatic rings. The molecule has 3 aromatic rings. The minimum atomic E-state index is 0.431. The summed E-state index contributed by atoms with van der Waals surface area (Å²) in [5, 5.41) is 14.4. The molecule has 1 aromatic heterocycles. The lowest BCUT2D eigenvalue weighted by Crippen LogP contribution is -2.07. The first-order chi connectivity index (χ1) is 13.6. The van der Waals surface area contributed by atoms with Crippen molar-refractivity contribution < 1.29 is 14.2 Å². The number of methoxy groups -OCH3 is 3. The van der Waals surface area contributed by atoms with Gasteiger partial charge in [-0.15, -0.1) is 5.10 Å². The van der Waals surface area contributed by atoms with E-state index in [4.69, 9.17) is 14.2 Å². The molecule has 0 atom stereocenters. The Morgan fingerprint density at radius 2 is 1.68 bits per heavy atom. The van der Waals surface area contributed by atoms with Crippen molar-refractivity contribution in [2.75, 3.05) is 32.0 Å². The molecule has 0 unspecified atom stereocenters. The van der Waals surface area contributed by atoms with Crippen molar-refractivity contribution in [2.45, 2.75) is 13.5 Å². The summed E-state index contributed by atoms with van der Waals surface area (Å²) in [5.74, 6) is 2.59. The van der Waals surface area contributed by atoms with Gasteiger partial charge in [0.2, 0.25) is 11.7 Å². The molecule has 8 nitrogen and oxygen atoms in total. The van der Waals surface area contributed by atoms with Gasteiger partial charge in [0, 0.05) is 24.4 Å². The van der Waals surface area contributed by atoms with Gasteiger partial charge < -0.3 is 24.8 Å². The van der Waals surface area contributed by atoms with Crippen molar-refractivity contribution in [3.8, 4) is 17.2 Å². The average Bonchev–Trinajstić information content (AvgIpc) is 2.72. The highest BCUT2D eigenvalue weighted by Gasteiger charge is 2.14. The van der Waals surface area contributed by atoms with Crippen LogP contribution in [0.5, 0.6) is 17.2 Å². The first-order valence-electron chi connectivity index (χ1n) is 8.69. The highest BCUT2D eigenvalue weighted by molar-refractivity contribution is 5.66. The molecule has 2 aromatic carbocycles. The third-order valence-corrected chi connectivity index (χ3v) is 4.19. The van der Waals surface area contributed by atoms with Crippen LogP contribution in [0.2, 0.25) is 0 Å². The number of benzene rings is 2. The molecule has 0 aliphatic carbocycles. The molecule has 8 heteroatoms. The van der Waals surface area contributed by atoms with Crippen LogP contribution in [0.1, 0.15) is 11.1 Å². The van der Waals surface area contributed by atoms with Crippen LogP contribution in [0.25, 0.3) is 0 Å². The monoisotopic (exact) mass is 381 g/mol. The fourth-order valence-corrected chi connectivity index (χ4v) is 2.72. The Morgan fingerprint density at radius 3 is 2.32 bits per heavy atom. The predicted molar refractivity (Wildman–Crippen MR) is 108 cm³/mol. The van der Waals surface area contributed by atoms with Gasteiger partial charge in [-0.05, 0) is 18.1 Å². The van der Waals surface area contributed by atoms with Crippen LogP contribution >= 0.6 is 0 Å². The van der Waals surface area contributed by atoms with Crippen LogP contribution in [0, 0.1) is 6.92 Å². The Balaban J connectivity index is 1.77. The standard InChI is InChI=1S/C20H23N5O3/c1-13-7-5-6-8-14(13)11-21-20-24-18(12-22-25-20)23-15-9-16(26-2)19(28-4)17(10-15)27-3/h5-10,12H,11H2,1-4H3,(H2,21,23,24,25).